The minimum atomic E-state index is -1.35. The summed E-state index contributed by atoms with van der Waals surface area (Å²) < 4.78 is 18.0. The van der Waals surface area contributed by atoms with Crippen molar-refractivity contribution in [2.45, 2.75) is 13.1 Å². The van der Waals surface area contributed by atoms with Crippen LogP contribution < -0.4 is 0 Å². The smallest absolute Gasteiger partial charge is 0.336 e. The van der Waals surface area contributed by atoms with Crippen LogP contribution in [0.15, 0.2) is 22.7 Å². The molecule has 15 heavy (non-hydrogen) atoms. The maximum absolute atomic E-state index is 13.1. The van der Waals surface area contributed by atoms with Crippen LogP contribution in [0.3, 0.4) is 0 Å². The van der Waals surface area contributed by atoms with Crippen molar-refractivity contribution in [1.82, 2.24) is 5.16 Å². The van der Waals surface area contributed by atoms with Gasteiger partial charge in [-0.15, -0.1) is 0 Å². The van der Waals surface area contributed by atoms with Crippen molar-refractivity contribution in [2.24, 2.45) is 0 Å². The molecule has 0 radical (unpaired) electrons. The predicted octanol–water partition coefficient (Wildman–Crippen LogP) is 2.56. The van der Waals surface area contributed by atoms with Crippen LogP contribution in [0.4, 0.5) is 4.39 Å². The molecule has 1 aromatic carbocycles. The molecule has 0 bridgehead atoms. The number of carboxylic acid groups (broad SMARTS) is 1. The summed E-state index contributed by atoms with van der Waals surface area (Å²) in [7, 11) is 0. The number of alkyl halides is 1. The molecule has 0 aliphatic carbocycles. The SMILES string of the molecule is CC(F)c1noc2cccc(C(=O)O)c12. The van der Waals surface area contributed by atoms with Gasteiger partial charge in [0.15, 0.2) is 5.58 Å². The molecule has 1 unspecified atom stereocenters. The second-order valence-corrected chi connectivity index (χ2v) is 3.17. The van der Waals surface area contributed by atoms with E-state index in [4.69, 9.17) is 9.63 Å². The molecule has 0 saturated heterocycles. The van der Waals surface area contributed by atoms with Crippen molar-refractivity contribution < 1.29 is 18.8 Å². The average molecular weight is 209 g/mol. The number of nitrogens with zero attached hydrogens (tertiary/aromatic N) is 1. The lowest BCUT2D eigenvalue weighted by Crippen LogP contribution is -1.98. The Morgan fingerprint density at radius 2 is 2.33 bits per heavy atom. The van der Waals surface area contributed by atoms with Gasteiger partial charge in [0.2, 0.25) is 0 Å². The highest BCUT2D eigenvalue weighted by Crippen LogP contribution is 2.28. The molecule has 0 amide bonds. The zero-order valence-electron chi connectivity index (χ0n) is 7.90. The molecule has 78 valence electrons. The number of fused-ring (bicyclic) bond motifs is 1. The summed E-state index contributed by atoms with van der Waals surface area (Å²) in [6.07, 6.45) is -1.35. The van der Waals surface area contributed by atoms with Gasteiger partial charge in [0, 0.05) is 0 Å². The quantitative estimate of drug-likeness (QED) is 0.825. The molecule has 1 N–H and O–H groups in total. The summed E-state index contributed by atoms with van der Waals surface area (Å²) in [6, 6.07) is 4.48. The highest BCUT2D eigenvalue weighted by atomic mass is 19.1. The van der Waals surface area contributed by atoms with Crippen molar-refractivity contribution in [2.75, 3.05) is 0 Å². The maximum atomic E-state index is 13.1. The molecule has 4 nitrogen and oxygen atoms in total. The first kappa shape index (κ1) is 9.64. The van der Waals surface area contributed by atoms with Crippen LogP contribution in [0.5, 0.6) is 0 Å². The number of rotatable bonds is 2. The Bertz CT molecular complexity index is 518. The monoisotopic (exact) mass is 209 g/mol. The normalized spacial score (nSPS) is 12.9. The van der Waals surface area contributed by atoms with E-state index in [1.165, 1.54) is 19.1 Å². The number of carbonyl (C=O) groups is 1. The Morgan fingerprint density at radius 3 is 2.93 bits per heavy atom. The summed E-state index contributed by atoms with van der Waals surface area (Å²) in [5, 5.41) is 12.7. The third-order valence-electron chi connectivity index (χ3n) is 2.13. The minimum Gasteiger partial charge on any atom is -0.478 e. The number of carboxylic acids is 1. The molecule has 0 spiro atoms. The highest BCUT2D eigenvalue weighted by Gasteiger charge is 2.20. The van der Waals surface area contributed by atoms with Gasteiger partial charge in [-0.2, -0.15) is 0 Å². The first-order valence-corrected chi connectivity index (χ1v) is 4.37. The molecule has 2 aromatic rings. The Morgan fingerprint density at radius 1 is 1.60 bits per heavy atom. The zero-order valence-corrected chi connectivity index (χ0v) is 7.90. The topological polar surface area (TPSA) is 63.3 Å². The van der Waals surface area contributed by atoms with Crippen LogP contribution in [0.1, 0.15) is 29.1 Å². The lowest BCUT2D eigenvalue weighted by atomic mass is 10.1. The van der Waals surface area contributed by atoms with E-state index in [9.17, 15) is 9.18 Å². The summed E-state index contributed by atoms with van der Waals surface area (Å²) in [5.74, 6) is -1.12. The van der Waals surface area contributed by atoms with Crippen LogP contribution in [-0.2, 0) is 0 Å². The molecule has 5 heteroatoms. The molecule has 1 atom stereocenters. The third-order valence-corrected chi connectivity index (χ3v) is 2.13. The predicted molar refractivity (Wildman–Crippen MR) is 50.5 cm³/mol. The highest BCUT2D eigenvalue weighted by molar-refractivity contribution is 6.03. The summed E-state index contributed by atoms with van der Waals surface area (Å²) in [6.45, 7) is 1.29. The second kappa shape index (κ2) is 3.34. The molecular weight excluding hydrogens is 201 g/mol. The maximum Gasteiger partial charge on any atom is 0.336 e. The van der Waals surface area contributed by atoms with E-state index in [-0.39, 0.29) is 22.2 Å². The number of hydrogen-bond acceptors (Lipinski definition) is 3. The van der Waals surface area contributed by atoms with Crippen molar-refractivity contribution in [3.63, 3.8) is 0 Å². The van der Waals surface area contributed by atoms with Crippen LogP contribution in [0.2, 0.25) is 0 Å². The van der Waals surface area contributed by atoms with Crippen LogP contribution in [-0.4, -0.2) is 16.2 Å². The van der Waals surface area contributed by atoms with Gasteiger partial charge in [-0.1, -0.05) is 11.2 Å². The minimum absolute atomic E-state index is 0.00764. The average Bonchev–Trinajstić information content (AvgIpc) is 2.60. The van der Waals surface area contributed by atoms with Crippen LogP contribution in [0.25, 0.3) is 11.0 Å². The number of halogens is 1. The molecule has 0 saturated carbocycles. The fourth-order valence-electron chi connectivity index (χ4n) is 1.47. The summed E-state index contributed by atoms with van der Waals surface area (Å²) in [5.41, 5.74) is 0.325. The Balaban J connectivity index is 2.80. The van der Waals surface area contributed by atoms with Gasteiger partial charge >= 0.3 is 5.97 Å². The van der Waals surface area contributed by atoms with Gasteiger partial charge < -0.3 is 9.63 Å². The summed E-state index contributed by atoms with van der Waals surface area (Å²) in [4.78, 5) is 10.9. The molecule has 0 fully saturated rings. The molecule has 1 aromatic heterocycles. The molecule has 1 heterocycles. The van der Waals surface area contributed by atoms with Gasteiger partial charge in [-0.3, -0.25) is 0 Å². The fourth-order valence-corrected chi connectivity index (χ4v) is 1.47. The van der Waals surface area contributed by atoms with Crippen LogP contribution >= 0.6 is 0 Å². The van der Waals surface area contributed by atoms with Gasteiger partial charge in [-0.05, 0) is 19.1 Å². The van der Waals surface area contributed by atoms with E-state index in [0.29, 0.717) is 0 Å². The van der Waals surface area contributed by atoms with E-state index in [1.54, 1.807) is 6.07 Å². The standard InChI is InChI=1S/C10H8FNO3/c1-5(11)9-8-6(10(13)14)3-2-4-7(8)15-12-9/h2-5H,1H3,(H,13,14). The third kappa shape index (κ3) is 1.45. The molecule has 0 aliphatic rings. The lowest BCUT2D eigenvalue weighted by molar-refractivity contribution is 0.0699. The second-order valence-electron chi connectivity index (χ2n) is 3.17. The molecule has 0 aliphatic heterocycles. The number of hydrogen-bond donors (Lipinski definition) is 1. The Kier molecular flexibility index (Phi) is 2.15. The number of aromatic nitrogens is 1. The number of benzene rings is 1. The van der Waals surface area contributed by atoms with E-state index in [1.807, 2.05) is 0 Å². The molecular formula is C10H8FNO3. The Hall–Kier alpha value is -1.91. The van der Waals surface area contributed by atoms with Gasteiger partial charge in [0.1, 0.15) is 11.9 Å². The van der Waals surface area contributed by atoms with Crippen molar-refractivity contribution in [3.05, 3.63) is 29.5 Å². The van der Waals surface area contributed by atoms with E-state index in [0.717, 1.165) is 0 Å². The largest absolute Gasteiger partial charge is 0.478 e. The van der Waals surface area contributed by atoms with Crippen LogP contribution in [0, 0.1) is 0 Å². The van der Waals surface area contributed by atoms with Gasteiger partial charge in [0.25, 0.3) is 0 Å². The van der Waals surface area contributed by atoms with Crippen molar-refractivity contribution >= 4 is 16.9 Å². The summed E-state index contributed by atoms with van der Waals surface area (Å²) >= 11 is 0. The van der Waals surface area contributed by atoms with E-state index in [2.05, 4.69) is 5.16 Å². The molecule has 2 rings (SSSR count). The van der Waals surface area contributed by atoms with E-state index < -0.39 is 12.1 Å². The zero-order chi connectivity index (χ0) is 11.0. The fraction of sp³-hybridized carbons (Fsp3) is 0.200. The van der Waals surface area contributed by atoms with Gasteiger partial charge in [-0.25, -0.2) is 9.18 Å². The van der Waals surface area contributed by atoms with Gasteiger partial charge in [0.05, 0.1) is 10.9 Å². The number of aromatic carboxylic acids is 1. The first-order chi connectivity index (χ1) is 7.11. The van der Waals surface area contributed by atoms with Crippen molar-refractivity contribution in [1.29, 1.82) is 0 Å². The van der Waals surface area contributed by atoms with Crippen molar-refractivity contribution in [3.8, 4) is 0 Å². The van der Waals surface area contributed by atoms with E-state index >= 15 is 0 Å². The first-order valence-electron chi connectivity index (χ1n) is 4.37. The lowest BCUT2D eigenvalue weighted by Gasteiger charge is -1.99. The Labute approximate surface area is 84.3 Å².